The van der Waals surface area contributed by atoms with Gasteiger partial charge in [0.1, 0.15) is 0 Å². The van der Waals surface area contributed by atoms with Crippen LogP contribution in [0.25, 0.3) is 0 Å². The molecule has 1 N–H and O–H groups in total. The van der Waals surface area contributed by atoms with E-state index in [1.54, 1.807) is 13.8 Å². The molecule has 6 heteroatoms. The largest absolute Gasteiger partial charge is 0.343 e. The molecule has 2 rings (SSSR count). The molecule has 1 heterocycles. The lowest BCUT2D eigenvalue weighted by molar-refractivity contribution is -0.126. The van der Waals surface area contributed by atoms with Crippen LogP contribution in [0, 0.1) is 5.92 Å². The number of rotatable bonds is 2. The summed E-state index contributed by atoms with van der Waals surface area (Å²) in [4.78, 5) is 36.1. The van der Waals surface area contributed by atoms with Crippen LogP contribution < -0.4 is 5.32 Å². The molecular formula is C13H11Cl2NO3. The number of halogens is 2. The van der Waals surface area contributed by atoms with Gasteiger partial charge in [-0.15, -0.1) is 0 Å². The van der Waals surface area contributed by atoms with Crippen LogP contribution in [-0.4, -0.2) is 23.0 Å². The summed E-state index contributed by atoms with van der Waals surface area (Å²) in [5.74, 6) is -2.98. The van der Waals surface area contributed by atoms with Crippen molar-refractivity contribution in [3.63, 3.8) is 0 Å². The van der Waals surface area contributed by atoms with Gasteiger partial charge in [-0.25, -0.2) is 0 Å². The second-order valence-corrected chi connectivity index (χ2v) is 5.74. The number of benzene rings is 1. The van der Waals surface area contributed by atoms with Crippen LogP contribution in [0.2, 0.25) is 10.0 Å². The number of amides is 1. The first-order valence-electron chi connectivity index (χ1n) is 5.59. The van der Waals surface area contributed by atoms with Gasteiger partial charge >= 0.3 is 0 Å². The molecule has 1 aromatic rings. The van der Waals surface area contributed by atoms with E-state index in [-0.39, 0.29) is 10.6 Å². The molecule has 0 aromatic heterocycles. The fourth-order valence-corrected chi connectivity index (χ4v) is 2.51. The van der Waals surface area contributed by atoms with E-state index in [0.717, 1.165) is 0 Å². The molecule has 100 valence electrons. The maximum atomic E-state index is 12.3. The van der Waals surface area contributed by atoms with Crippen LogP contribution in [0.1, 0.15) is 24.2 Å². The Labute approximate surface area is 120 Å². The van der Waals surface area contributed by atoms with Crippen molar-refractivity contribution in [2.75, 3.05) is 0 Å². The van der Waals surface area contributed by atoms with E-state index in [1.165, 1.54) is 18.2 Å². The Kier molecular flexibility index (Phi) is 3.41. The van der Waals surface area contributed by atoms with Gasteiger partial charge in [0.05, 0.1) is 10.6 Å². The topological polar surface area (TPSA) is 63.2 Å². The summed E-state index contributed by atoms with van der Waals surface area (Å²) in [5, 5.41) is 3.00. The molecule has 0 radical (unpaired) electrons. The molecule has 0 spiro atoms. The van der Waals surface area contributed by atoms with Crippen molar-refractivity contribution in [2.45, 2.75) is 19.4 Å². The highest BCUT2D eigenvalue weighted by Crippen LogP contribution is 2.28. The van der Waals surface area contributed by atoms with Crippen LogP contribution in [0.4, 0.5) is 0 Å². The third-order valence-electron chi connectivity index (χ3n) is 3.03. The first-order valence-corrected chi connectivity index (χ1v) is 6.35. The molecule has 19 heavy (non-hydrogen) atoms. The third-order valence-corrected chi connectivity index (χ3v) is 3.58. The van der Waals surface area contributed by atoms with E-state index in [1.807, 2.05) is 0 Å². The second kappa shape index (κ2) is 4.62. The SMILES string of the molecule is CC1(C)NC(=O)C(C(=O)c2ccc(Cl)cc2Cl)C1=O. The minimum absolute atomic E-state index is 0.122. The summed E-state index contributed by atoms with van der Waals surface area (Å²) in [6.07, 6.45) is 0. The monoisotopic (exact) mass is 299 g/mol. The molecule has 0 aliphatic carbocycles. The molecule has 0 saturated carbocycles. The zero-order chi connectivity index (χ0) is 14.4. The molecular weight excluding hydrogens is 289 g/mol. The van der Waals surface area contributed by atoms with E-state index in [2.05, 4.69) is 5.32 Å². The molecule has 1 fully saturated rings. The van der Waals surface area contributed by atoms with Crippen molar-refractivity contribution in [2.24, 2.45) is 5.92 Å². The van der Waals surface area contributed by atoms with Gasteiger partial charge in [-0.3, -0.25) is 14.4 Å². The van der Waals surface area contributed by atoms with Crippen molar-refractivity contribution in [1.82, 2.24) is 5.32 Å². The Morgan fingerprint density at radius 1 is 1.26 bits per heavy atom. The highest BCUT2D eigenvalue weighted by Gasteiger charge is 2.50. The molecule has 1 aliphatic heterocycles. The maximum absolute atomic E-state index is 12.3. The minimum Gasteiger partial charge on any atom is -0.343 e. The summed E-state index contributed by atoms with van der Waals surface area (Å²) < 4.78 is 0. The lowest BCUT2D eigenvalue weighted by Crippen LogP contribution is -2.40. The number of Topliss-reactive ketones (excluding diaryl/α,β-unsaturated/α-hetero) is 2. The highest BCUT2D eigenvalue weighted by atomic mass is 35.5. The van der Waals surface area contributed by atoms with Crippen LogP contribution in [0.5, 0.6) is 0 Å². The molecule has 1 unspecified atom stereocenters. The van der Waals surface area contributed by atoms with Crippen molar-refractivity contribution in [3.05, 3.63) is 33.8 Å². The fraction of sp³-hybridized carbons (Fsp3) is 0.308. The van der Waals surface area contributed by atoms with E-state index in [4.69, 9.17) is 23.2 Å². The second-order valence-electron chi connectivity index (χ2n) is 4.90. The summed E-state index contributed by atoms with van der Waals surface area (Å²) >= 11 is 11.7. The summed E-state index contributed by atoms with van der Waals surface area (Å²) in [6.45, 7) is 3.12. The summed E-state index contributed by atoms with van der Waals surface area (Å²) in [7, 11) is 0. The van der Waals surface area contributed by atoms with Crippen molar-refractivity contribution in [3.8, 4) is 0 Å². The number of hydrogen-bond donors (Lipinski definition) is 1. The Balaban J connectivity index is 2.40. The van der Waals surface area contributed by atoms with E-state index in [0.29, 0.717) is 5.02 Å². The fourth-order valence-electron chi connectivity index (χ4n) is 2.00. The van der Waals surface area contributed by atoms with E-state index in [9.17, 15) is 14.4 Å². The van der Waals surface area contributed by atoms with Gasteiger partial charge in [0.15, 0.2) is 17.5 Å². The average Bonchev–Trinajstić information content (AvgIpc) is 2.47. The van der Waals surface area contributed by atoms with Gasteiger partial charge in [0, 0.05) is 10.6 Å². The quantitative estimate of drug-likeness (QED) is 0.673. The first-order chi connectivity index (χ1) is 8.74. The standard InChI is InChI=1S/C13H11Cl2NO3/c1-13(2)11(18)9(12(19)16-13)10(17)7-4-3-6(14)5-8(7)15/h3-5,9H,1-2H3,(H,16,19). The van der Waals surface area contributed by atoms with Crippen LogP contribution >= 0.6 is 23.2 Å². The lowest BCUT2D eigenvalue weighted by atomic mass is 9.89. The maximum Gasteiger partial charge on any atom is 0.239 e. The van der Waals surface area contributed by atoms with Gasteiger partial charge in [0.2, 0.25) is 5.91 Å². The third kappa shape index (κ3) is 2.38. The zero-order valence-corrected chi connectivity index (χ0v) is 11.8. The van der Waals surface area contributed by atoms with Gasteiger partial charge in [-0.1, -0.05) is 23.2 Å². The van der Waals surface area contributed by atoms with Gasteiger partial charge < -0.3 is 5.32 Å². The number of ketones is 2. The predicted octanol–water partition coefficient (Wildman–Crippen LogP) is 2.27. The molecule has 1 amide bonds. The zero-order valence-electron chi connectivity index (χ0n) is 10.3. The molecule has 1 saturated heterocycles. The van der Waals surface area contributed by atoms with Crippen LogP contribution in [0.15, 0.2) is 18.2 Å². The van der Waals surface area contributed by atoms with Crippen LogP contribution in [-0.2, 0) is 9.59 Å². The smallest absolute Gasteiger partial charge is 0.239 e. The highest BCUT2D eigenvalue weighted by molar-refractivity contribution is 6.39. The Morgan fingerprint density at radius 3 is 2.37 bits per heavy atom. The number of nitrogens with one attached hydrogen (secondary N) is 1. The van der Waals surface area contributed by atoms with E-state index >= 15 is 0 Å². The van der Waals surface area contributed by atoms with Crippen molar-refractivity contribution >= 4 is 40.7 Å². The number of carbonyl (C=O) groups excluding carboxylic acids is 3. The Morgan fingerprint density at radius 2 is 1.89 bits per heavy atom. The minimum atomic E-state index is -1.34. The lowest BCUT2D eigenvalue weighted by Gasteiger charge is -2.14. The molecule has 1 aliphatic rings. The van der Waals surface area contributed by atoms with Crippen molar-refractivity contribution in [1.29, 1.82) is 0 Å². The van der Waals surface area contributed by atoms with Gasteiger partial charge in [-0.05, 0) is 32.0 Å². The normalized spacial score (nSPS) is 21.4. The van der Waals surface area contributed by atoms with Gasteiger partial charge in [-0.2, -0.15) is 0 Å². The van der Waals surface area contributed by atoms with Crippen molar-refractivity contribution < 1.29 is 14.4 Å². The Hall–Kier alpha value is -1.39. The average molecular weight is 300 g/mol. The van der Waals surface area contributed by atoms with Crippen LogP contribution in [0.3, 0.4) is 0 Å². The molecule has 4 nitrogen and oxygen atoms in total. The number of hydrogen-bond acceptors (Lipinski definition) is 3. The van der Waals surface area contributed by atoms with Gasteiger partial charge in [0.25, 0.3) is 0 Å². The molecule has 1 aromatic carbocycles. The summed E-state index contributed by atoms with van der Waals surface area (Å²) in [6, 6.07) is 4.31. The summed E-state index contributed by atoms with van der Waals surface area (Å²) in [5.41, 5.74) is -0.909. The van der Waals surface area contributed by atoms with E-state index < -0.39 is 28.9 Å². The molecule has 0 bridgehead atoms. The molecule has 1 atom stereocenters. The first kappa shape index (κ1) is 14.0. The number of carbonyl (C=O) groups is 3. The Bertz CT molecular complexity index is 596. The predicted molar refractivity (Wildman–Crippen MR) is 71.5 cm³/mol.